The lowest BCUT2D eigenvalue weighted by atomic mass is 10.1. The van der Waals surface area contributed by atoms with Gasteiger partial charge >= 0.3 is 11.9 Å². The van der Waals surface area contributed by atoms with Gasteiger partial charge in [-0.3, -0.25) is 0 Å². The summed E-state index contributed by atoms with van der Waals surface area (Å²) < 4.78 is 10.3. The summed E-state index contributed by atoms with van der Waals surface area (Å²) in [5.74, 6) is -0.932. The molecule has 4 heteroatoms. The fourth-order valence-electron chi connectivity index (χ4n) is 1.52. The Morgan fingerprint density at radius 2 is 1.65 bits per heavy atom. The Kier molecular flexibility index (Phi) is 6.82. The molecule has 0 aromatic heterocycles. The maximum Gasteiger partial charge on any atom is 0.331 e. The van der Waals surface area contributed by atoms with E-state index < -0.39 is 18.0 Å². The molecule has 106 valence electrons. The van der Waals surface area contributed by atoms with E-state index in [2.05, 4.69) is 0 Å². The number of allylic oxidation sites excluding steroid dienone is 2. The summed E-state index contributed by atoms with van der Waals surface area (Å²) in [6, 6.07) is 9.16. The Morgan fingerprint density at radius 1 is 1.05 bits per heavy atom. The van der Waals surface area contributed by atoms with Gasteiger partial charge in [-0.15, -0.1) is 0 Å². The van der Waals surface area contributed by atoms with Gasteiger partial charge in [-0.25, -0.2) is 9.59 Å². The third-order valence-corrected chi connectivity index (χ3v) is 2.41. The van der Waals surface area contributed by atoms with Crippen LogP contribution in [0.25, 0.3) is 0 Å². The molecule has 0 spiro atoms. The van der Waals surface area contributed by atoms with Crippen LogP contribution in [-0.2, 0) is 19.1 Å². The van der Waals surface area contributed by atoms with E-state index in [1.165, 1.54) is 12.2 Å². The van der Waals surface area contributed by atoms with E-state index in [9.17, 15) is 9.59 Å². The summed E-state index contributed by atoms with van der Waals surface area (Å²) in [5.41, 5.74) is 0.777. The van der Waals surface area contributed by atoms with Crippen molar-refractivity contribution in [1.29, 1.82) is 0 Å². The molecule has 0 heterocycles. The van der Waals surface area contributed by atoms with Gasteiger partial charge in [0.05, 0.1) is 0 Å². The lowest BCUT2D eigenvalue weighted by molar-refractivity contribution is -0.153. The third kappa shape index (κ3) is 5.52. The molecule has 0 bridgehead atoms. The van der Waals surface area contributed by atoms with Crippen molar-refractivity contribution < 1.29 is 19.1 Å². The molecular formula is C16H18O4. The summed E-state index contributed by atoms with van der Waals surface area (Å²) in [7, 11) is 0. The zero-order valence-corrected chi connectivity index (χ0v) is 11.6. The number of benzene rings is 1. The molecule has 0 saturated heterocycles. The lowest BCUT2D eigenvalue weighted by Crippen LogP contribution is -2.17. The standard InChI is InChI=1S/C16H18O4/c1-3-8-15(17)19-12-14(20-16(18)9-4-2)13-10-6-5-7-11-13/h3-11,14H,12H2,1-2H3. The highest BCUT2D eigenvalue weighted by molar-refractivity contribution is 5.82. The minimum atomic E-state index is -0.617. The molecule has 0 radical (unpaired) electrons. The van der Waals surface area contributed by atoms with Crippen molar-refractivity contribution in [3.63, 3.8) is 0 Å². The second-order valence-corrected chi connectivity index (χ2v) is 3.97. The summed E-state index contributed by atoms with van der Waals surface area (Å²) >= 11 is 0. The summed E-state index contributed by atoms with van der Waals surface area (Å²) in [4.78, 5) is 22.9. The number of carbonyl (C=O) groups excluding carboxylic acids is 2. The maximum absolute atomic E-state index is 11.5. The first-order valence-corrected chi connectivity index (χ1v) is 6.35. The molecule has 0 aliphatic rings. The number of hydrogen-bond acceptors (Lipinski definition) is 4. The van der Waals surface area contributed by atoms with Gasteiger partial charge in [-0.05, 0) is 19.4 Å². The Morgan fingerprint density at radius 3 is 2.25 bits per heavy atom. The summed E-state index contributed by atoms with van der Waals surface area (Å²) in [6.45, 7) is 3.43. The van der Waals surface area contributed by atoms with Crippen LogP contribution in [0.15, 0.2) is 54.6 Å². The quantitative estimate of drug-likeness (QED) is 0.591. The van der Waals surface area contributed by atoms with E-state index in [1.54, 1.807) is 26.0 Å². The maximum atomic E-state index is 11.5. The van der Waals surface area contributed by atoms with E-state index >= 15 is 0 Å². The topological polar surface area (TPSA) is 52.6 Å². The average molecular weight is 274 g/mol. The van der Waals surface area contributed by atoms with Crippen LogP contribution in [0, 0.1) is 0 Å². The molecule has 0 fully saturated rings. The van der Waals surface area contributed by atoms with Crippen molar-refractivity contribution in [1.82, 2.24) is 0 Å². The number of esters is 2. The molecule has 1 rings (SSSR count). The SMILES string of the molecule is CC=CC(=O)OCC(OC(=O)C=CC)c1ccccc1. The van der Waals surface area contributed by atoms with Crippen LogP contribution in [0.1, 0.15) is 25.5 Å². The Hall–Kier alpha value is -2.36. The molecule has 4 nitrogen and oxygen atoms in total. The van der Waals surface area contributed by atoms with Gasteiger partial charge < -0.3 is 9.47 Å². The highest BCUT2D eigenvalue weighted by Gasteiger charge is 2.17. The van der Waals surface area contributed by atoms with Crippen molar-refractivity contribution in [2.75, 3.05) is 6.61 Å². The highest BCUT2D eigenvalue weighted by atomic mass is 16.6. The normalized spacial score (nSPS) is 12.5. The average Bonchev–Trinajstić information content (AvgIpc) is 2.45. The molecule has 0 N–H and O–H groups in total. The van der Waals surface area contributed by atoms with Crippen molar-refractivity contribution in [2.45, 2.75) is 20.0 Å². The first kappa shape index (κ1) is 15.7. The number of rotatable bonds is 6. The van der Waals surface area contributed by atoms with Gasteiger partial charge in [-0.1, -0.05) is 42.5 Å². The smallest absolute Gasteiger partial charge is 0.331 e. The van der Waals surface area contributed by atoms with Crippen LogP contribution < -0.4 is 0 Å². The summed E-state index contributed by atoms with van der Waals surface area (Å²) in [6.07, 6.45) is 5.20. The first-order valence-electron chi connectivity index (χ1n) is 6.35. The van der Waals surface area contributed by atoms with E-state index in [-0.39, 0.29) is 6.61 Å². The zero-order chi connectivity index (χ0) is 14.8. The van der Waals surface area contributed by atoms with Crippen molar-refractivity contribution >= 4 is 11.9 Å². The minimum absolute atomic E-state index is 0.0174. The molecule has 0 saturated carbocycles. The molecule has 20 heavy (non-hydrogen) atoms. The Bertz CT molecular complexity index is 488. The summed E-state index contributed by atoms with van der Waals surface area (Å²) in [5, 5.41) is 0. The van der Waals surface area contributed by atoms with E-state index in [0.29, 0.717) is 0 Å². The Labute approximate surface area is 118 Å². The molecule has 1 aromatic rings. The van der Waals surface area contributed by atoms with Gasteiger partial charge in [0.2, 0.25) is 0 Å². The molecule has 1 atom stereocenters. The zero-order valence-electron chi connectivity index (χ0n) is 11.6. The van der Waals surface area contributed by atoms with Crippen LogP contribution in [0.3, 0.4) is 0 Å². The van der Waals surface area contributed by atoms with E-state index in [4.69, 9.17) is 9.47 Å². The van der Waals surface area contributed by atoms with Crippen molar-refractivity contribution in [2.24, 2.45) is 0 Å². The largest absolute Gasteiger partial charge is 0.458 e. The second kappa shape index (κ2) is 8.69. The molecular weight excluding hydrogens is 256 g/mol. The number of carbonyl (C=O) groups is 2. The van der Waals surface area contributed by atoms with Crippen LogP contribution in [0.5, 0.6) is 0 Å². The van der Waals surface area contributed by atoms with E-state index in [0.717, 1.165) is 5.56 Å². The van der Waals surface area contributed by atoms with Crippen LogP contribution in [0.2, 0.25) is 0 Å². The molecule has 0 amide bonds. The minimum Gasteiger partial charge on any atom is -0.458 e. The molecule has 1 unspecified atom stereocenters. The molecule has 1 aromatic carbocycles. The Balaban J connectivity index is 2.74. The fraction of sp³-hybridized carbons (Fsp3) is 0.250. The monoisotopic (exact) mass is 274 g/mol. The van der Waals surface area contributed by atoms with Gasteiger partial charge in [-0.2, -0.15) is 0 Å². The number of ether oxygens (including phenoxy) is 2. The fourth-order valence-corrected chi connectivity index (χ4v) is 1.52. The highest BCUT2D eigenvalue weighted by Crippen LogP contribution is 2.18. The third-order valence-electron chi connectivity index (χ3n) is 2.41. The van der Waals surface area contributed by atoms with Crippen LogP contribution >= 0.6 is 0 Å². The van der Waals surface area contributed by atoms with Crippen molar-refractivity contribution in [3.05, 3.63) is 60.2 Å². The van der Waals surface area contributed by atoms with Crippen LogP contribution in [-0.4, -0.2) is 18.5 Å². The van der Waals surface area contributed by atoms with Gasteiger partial charge in [0.1, 0.15) is 6.61 Å². The number of hydrogen-bond donors (Lipinski definition) is 0. The van der Waals surface area contributed by atoms with Gasteiger partial charge in [0, 0.05) is 12.2 Å². The predicted octanol–water partition coefficient (Wildman–Crippen LogP) is 2.97. The van der Waals surface area contributed by atoms with Gasteiger partial charge in [0.15, 0.2) is 6.10 Å². The van der Waals surface area contributed by atoms with Crippen LogP contribution in [0.4, 0.5) is 0 Å². The molecule has 0 aliphatic carbocycles. The second-order valence-electron chi connectivity index (χ2n) is 3.97. The van der Waals surface area contributed by atoms with E-state index in [1.807, 2.05) is 30.3 Å². The predicted molar refractivity (Wildman–Crippen MR) is 75.9 cm³/mol. The van der Waals surface area contributed by atoms with Gasteiger partial charge in [0.25, 0.3) is 0 Å². The lowest BCUT2D eigenvalue weighted by Gasteiger charge is -2.17. The van der Waals surface area contributed by atoms with Crippen molar-refractivity contribution in [3.8, 4) is 0 Å². The first-order chi connectivity index (χ1) is 9.67. The molecule has 0 aliphatic heterocycles.